The molecule has 0 saturated heterocycles. The molecule has 1 aromatic carbocycles. The Morgan fingerprint density at radius 1 is 1.29 bits per heavy atom. The summed E-state index contributed by atoms with van der Waals surface area (Å²) in [5.41, 5.74) is 1.28. The van der Waals surface area contributed by atoms with Crippen LogP contribution in [0.3, 0.4) is 0 Å². The molecule has 5 heteroatoms. The van der Waals surface area contributed by atoms with E-state index in [0.29, 0.717) is 11.4 Å². The third-order valence-corrected chi connectivity index (χ3v) is 1.99. The molecule has 0 atom stereocenters. The van der Waals surface area contributed by atoms with Gasteiger partial charge in [-0.15, -0.1) is 0 Å². The predicted octanol–water partition coefficient (Wildman–Crippen LogP) is 1.38. The Morgan fingerprint density at radius 3 is 3.14 bits per heavy atom. The molecule has 1 amide bonds. The maximum absolute atomic E-state index is 10.9. The first-order chi connectivity index (χ1) is 6.83. The second-order valence-corrected chi connectivity index (χ2v) is 2.88. The smallest absolute Gasteiger partial charge is 0.406 e. The summed E-state index contributed by atoms with van der Waals surface area (Å²) in [7, 11) is 0. The van der Waals surface area contributed by atoms with Crippen LogP contribution < -0.4 is 10.1 Å². The molecular formula is C9H4N3O2. The van der Waals surface area contributed by atoms with E-state index in [0.717, 1.165) is 10.9 Å². The molecule has 2 aromatic rings. The minimum atomic E-state index is -0.580. The first-order valence-electron chi connectivity index (χ1n) is 4.00. The second kappa shape index (κ2) is 2.41. The van der Waals surface area contributed by atoms with Gasteiger partial charge in [-0.1, -0.05) is 0 Å². The van der Waals surface area contributed by atoms with Gasteiger partial charge in [0.2, 0.25) is 0 Å². The fraction of sp³-hybridized carbons (Fsp3) is 0. The van der Waals surface area contributed by atoms with E-state index in [1.54, 1.807) is 18.3 Å². The quantitative estimate of drug-likeness (QED) is 0.623. The van der Waals surface area contributed by atoms with Crippen molar-refractivity contribution in [3.8, 4) is 5.75 Å². The number of carbonyl (C=O) groups excluding carboxylic acids is 1. The van der Waals surface area contributed by atoms with Crippen LogP contribution >= 0.6 is 0 Å². The zero-order valence-corrected chi connectivity index (χ0v) is 6.97. The van der Waals surface area contributed by atoms with Crippen molar-refractivity contribution in [1.82, 2.24) is 15.3 Å². The molecule has 14 heavy (non-hydrogen) atoms. The Bertz CT molecular complexity index is 492. The lowest BCUT2D eigenvalue weighted by molar-refractivity contribution is 0.211. The SMILES string of the molecule is O=C1[N]c2cc3cncnc3cc2O1. The highest BCUT2D eigenvalue weighted by Gasteiger charge is 2.22. The average Bonchev–Trinajstić information content (AvgIpc) is 2.53. The molecule has 3 rings (SSSR count). The highest BCUT2D eigenvalue weighted by Crippen LogP contribution is 2.33. The predicted molar refractivity (Wildman–Crippen MR) is 47.4 cm³/mol. The Hall–Kier alpha value is -2.17. The van der Waals surface area contributed by atoms with E-state index in [-0.39, 0.29) is 0 Å². The average molecular weight is 186 g/mol. The van der Waals surface area contributed by atoms with Gasteiger partial charge < -0.3 is 4.74 Å². The number of carbonyl (C=O) groups is 1. The standard InChI is InChI=1S/C9H4N3O2/c13-9-12-7-1-5-3-10-4-11-6(5)2-8(7)14-9/h1-4H. The van der Waals surface area contributed by atoms with E-state index in [4.69, 9.17) is 4.74 Å². The number of nitrogens with zero attached hydrogens (tertiary/aromatic N) is 3. The van der Waals surface area contributed by atoms with Crippen LogP contribution in [-0.2, 0) is 0 Å². The van der Waals surface area contributed by atoms with Gasteiger partial charge in [-0.05, 0) is 6.07 Å². The van der Waals surface area contributed by atoms with Crippen LogP contribution in [-0.4, -0.2) is 16.1 Å². The first-order valence-corrected chi connectivity index (χ1v) is 4.00. The molecule has 1 aromatic heterocycles. The summed E-state index contributed by atoms with van der Waals surface area (Å²) in [6.07, 6.45) is 2.53. The van der Waals surface area contributed by atoms with Crippen molar-refractivity contribution in [2.24, 2.45) is 0 Å². The van der Waals surface area contributed by atoms with Crippen molar-refractivity contribution in [3.63, 3.8) is 0 Å². The normalized spacial score (nSPS) is 13.6. The first kappa shape index (κ1) is 7.25. The van der Waals surface area contributed by atoms with E-state index in [1.165, 1.54) is 6.33 Å². The van der Waals surface area contributed by atoms with Crippen LogP contribution in [0.25, 0.3) is 10.9 Å². The zero-order valence-electron chi connectivity index (χ0n) is 6.97. The third kappa shape index (κ3) is 0.922. The van der Waals surface area contributed by atoms with E-state index < -0.39 is 6.09 Å². The summed E-state index contributed by atoms with van der Waals surface area (Å²) in [5, 5.41) is 4.53. The molecule has 1 aliphatic rings. The Kier molecular flexibility index (Phi) is 1.25. The van der Waals surface area contributed by atoms with E-state index >= 15 is 0 Å². The minimum absolute atomic E-state index is 0.459. The summed E-state index contributed by atoms with van der Waals surface area (Å²) in [5.74, 6) is 0.459. The number of hydrogen-bond acceptors (Lipinski definition) is 4. The van der Waals surface area contributed by atoms with Crippen LogP contribution in [0.5, 0.6) is 5.75 Å². The van der Waals surface area contributed by atoms with E-state index in [1.807, 2.05) is 0 Å². The largest absolute Gasteiger partial charge is 0.439 e. The van der Waals surface area contributed by atoms with Crippen LogP contribution in [0, 0.1) is 0 Å². The molecular weight excluding hydrogens is 182 g/mol. The fourth-order valence-corrected chi connectivity index (χ4v) is 1.38. The fourth-order valence-electron chi connectivity index (χ4n) is 1.38. The lowest BCUT2D eigenvalue weighted by Crippen LogP contribution is -2.05. The van der Waals surface area contributed by atoms with Gasteiger partial charge in [-0.2, -0.15) is 5.32 Å². The number of ether oxygens (including phenoxy) is 1. The second-order valence-electron chi connectivity index (χ2n) is 2.88. The maximum Gasteiger partial charge on any atom is 0.439 e. The number of rotatable bonds is 0. The summed E-state index contributed by atoms with van der Waals surface area (Å²) >= 11 is 0. The monoisotopic (exact) mass is 186 g/mol. The molecule has 0 saturated carbocycles. The number of fused-ring (bicyclic) bond motifs is 2. The summed E-state index contributed by atoms with van der Waals surface area (Å²) in [6, 6.07) is 3.41. The highest BCUT2D eigenvalue weighted by molar-refractivity contribution is 5.92. The summed E-state index contributed by atoms with van der Waals surface area (Å²) in [6.45, 7) is 0. The summed E-state index contributed by atoms with van der Waals surface area (Å²) in [4.78, 5) is 18.8. The van der Waals surface area contributed by atoms with E-state index in [2.05, 4.69) is 15.3 Å². The Labute approximate surface area is 78.7 Å². The van der Waals surface area contributed by atoms with Gasteiger partial charge in [-0.25, -0.2) is 14.8 Å². The number of amides is 1. The van der Waals surface area contributed by atoms with Crippen LogP contribution in [0.15, 0.2) is 24.7 Å². The lowest BCUT2D eigenvalue weighted by Gasteiger charge is -1.97. The molecule has 0 fully saturated rings. The van der Waals surface area contributed by atoms with Gasteiger partial charge >= 0.3 is 6.09 Å². The van der Waals surface area contributed by atoms with Crippen molar-refractivity contribution >= 4 is 22.7 Å². The van der Waals surface area contributed by atoms with Crippen molar-refractivity contribution in [2.45, 2.75) is 0 Å². The van der Waals surface area contributed by atoms with Gasteiger partial charge in [-0.3, -0.25) is 0 Å². The molecule has 2 heterocycles. The Morgan fingerprint density at radius 2 is 2.21 bits per heavy atom. The van der Waals surface area contributed by atoms with Gasteiger partial charge in [0, 0.05) is 17.6 Å². The van der Waals surface area contributed by atoms with Crippen LogP contribution in [0.1, 0.15) is 0 Å². The van der Waals surface area contributed by atoms with Crippen molar-refractivity contribution in [2.75, 3.05) is 0 Å². The zero-order chi connectivity index (χ0) is 9.54. The molecule has 5 nitrogen and oxygen atoms in total. The molecule has 0 bridgehead atoms. The van der Waals surface area contributed by atoms with Gasteiger partial charge in [0.1, 0.15) is 12.0 Å². The molecule has 0 unspecified atom stereocenters. The molecule has 0 spiro atoms. The van der Waals surface area contributed by atoms with E-state index in [9.17, 15) is 4.79 Å². The number of benzene rings is 1. The molecule has 0 N–H and O–H groups in total. The molecule has 0 aliphatic carbocycles. The van der Waals surface area contributed by atoms with Crippen LogP contribution in [0.4, 0.5) is 10.5 Å². The van der Waals surface area contributed by atoms with Gasteiger partial charge in [0.15, 0.2) is 5.75 Å². The van der Waals surface area contributed by atoms with Crippen molar-refractivity contribution in [1.29, 1.82) is 0 Å². The molecule has 1 aliphatic heterocycles. The topological polar surface area (TPSA) is 66.2 Å². The molecule has 1 radical (unpaired) electrons. The van der Waals surface area contributed by atoms with Gasteiger partial charge in [0.05, 0.1) is 5.52 Å². The van der Waals surface area contributed by atoms with Crippen LogP contribution in [0.2, 0.25) is 0 Å². The number of aromatic nitrogens is 2. The van der Waals surface area contributed by atoms with Gasteiger partial charge in [0.25, 0.3) is 0 Å². The number of hydrogen-bond donors (Lipinski definition) is 0. The summed E-state index contributed by atoms with van der Waals surface area (Å²) < 4.78 is 4.85. The van der Waals surface area contributed by atoms with Crippen molar-refractivity contribution in [3.05, 3.63) is 24.7 Å². The minimum Gasteiger partial charge on any atom is -0.406 e. The molecule has 67 valence electrons. The van der Waals surface area contributed by atoms with Crippen molar-refractivity contribution < 1.29 is 9.53 Å². The lowest BCUT2D eigenvalue weighted by atomic mass is 10.2. The highest BCUT2D eigenvalue weighted by atomic mass is 16.6. The third-order valence-electron chi connectivity index (χ3n) is 1.99. The Balaban J connectivity index is 2.31. The maximum atomic E-state index is 10.9.